The first-order chi connectivity index (χ1) is 13.9. The third-order valence-electron chi connectivity index (χ3n) is 4.90. The number of guanidine groups is 1. The first-order valence-corrected chi connectivity index (χ1v) is 9.90. The Morgan fingerprint density at radius 3 is 2.31 bits per heavy atom. The molecule has 0 saturated carbocycles. The second-order valence-corrected chi connectivity index (χ2v) is 7.07. The van der Waals surface area contributed by atoms with Crippen molar-refractivity contribution in [2.24, 2.45) is 10.9 Å². The van der Waals surface area contributed by atoms with Crippen molar-refractivity contribution in [1.82, 2.24) is 15.5 Å². The molecule has 1 aliphatic rings. The fourth-order valence-electron chi connectivity index (χ4n) is 3.31. The molecule has 9 heteroatoms. The van der Waals surface area contributed by atoms with Gasteiger partial charge in [-0.25, -0.2) is 0 Å². The lowest BCUT2D eigenvalue weighted by Crippen LogP contribution is -2.42. The summed E-state index contributed by atoms with van der Waals surface area (Å²) >= 11 is 0. The lowest BCUT2D eigenvalue weighted by atomic mass is 9.93. The fourth-order valence-corrected chi connectivity index (χ4v) is 3.31. The van der Waals surface area contributed by atoms with E-state index in [2.05, 4.69) is 15.6 Å². The number of aliphatic imine (C=N–C) groups is 1. The molecule has 2 N–H and O–H groups in total. The summed E-state index contributed by atoms with van der Waals surface area (Å²) in [5.74, 6) is 2.69. The lowest BCUT2D eigenvalue weighted by Gasteiger charge is -2.32. The molecule has 0 aliphatic carbocycles. The molecule has 1 fully saturated rings. The van der Waals surface area contributed by atoms with Crippen LogP contribution >= 0.6 is 0 Å². The van der Waals surface area contributed by atoms with Crippen LogP contribution in [0.5, 0.6) is 11.5 Å². The number of alkyl halides is 3. The molecule has 0 bridgehead atoms. The van der Waals surface area contributed by atoms with Gasteiger partial charge in [-0.2, -0.15) is 13.2 Å². The van der Waals surface area contributed by atoms with Crippen LogP contribution in [0.25, 0.3) is 0 Å². The maximum absolute atomic E-state index is 12.4. The number of ether oxygens (including phenoxy) is 2. The molecule has 1 aliphatic heterocycles. The number of piperidine rings is 1. The Kier molecular flexibility index (Phi) is 9.37. The van der Waals surface area contributed by atoms with Gasteiger partial charge in [0, 0.05) is 13.6 Å². The number of methoxy groups -OCH3 is 1. The van der Waals surface area contributed by atoms with E-state index in [1.165, 1.54) is 4.90 Å². The molecule has 0 amide bonds. The van der Waals surface area contributed by atoms with Crippen LogP contribution in [0.4, 0.5) is 13.2 Å². The third-order valence-corrected chi connectivity index (χ3v) is 4.90. The van der Waals surface area contributed by atoms with Gasteiger partial charge in [0.1, 0.15) is 18.1 Å². The summed E-state index contributed by atoms with van der Waals surface area (Å²) in [6.45, 7) is 2.06. The van der Waals surface area contributed by atoms with E-state index < -0.39 is 12.7 Å². The van der Waals surface area contributed by atoms with E-state index in [0.29, 0.717) is 38.1 Å². The van der Waals surface area contributed by atoms with Gasteiger partial charge in [0.05, 0.1) is 20.2 Å². The Labute approximate surface area is 170 Å². The van der Waals surface area contributed by atoms with Gasteiger partial charge in [0.15, 0.2) is 5.96 Å². The van der Waals surface area contributed by atoms with Gasteiger partial charge in [-0.1, -0.05) is 0 Å². The van der Waals surface area contributed by atoms with Crippen LogP contribution in [-0.2, 0) is 0 Å². The molecule has 0 aromatic heterocycles. The van der Waals surface area contributed by atoms with E-state index in [9.17, 15) is 13.2 Å². The summed E-state index contributed by atoms with van der Waals surface area (Å²) < 4.78 is 48.1. The van der Waals surface area contributed by atoms with Crippen molar-refractivity contribution in [1.29, 1.82) is 0 Å². The minimum atomic E-state index is -4.11. The quantitative estimate of drug-likeness (QED) is 0.368. The molecule has 1 saturated heterocycles. The smallest absolute Gasteiger partial charge is 0.401 e. The maximum atomic E-state index is 12.4. The predicted molar refractivity (Wildman–Crippen MR) is 108 cm³/mol. The molecule has 0 atom stereocenters. The van der Waals surface area contributed by atoms with Gasteiger partial charge < -0.3 is 20.1 Å². The average Bonchev–Trinajstić information content (AvgIpc) is 2.70. The van der Waals surface area contributed by atoms with Crippen LogP contribution in [0, 0.1) is 5.92 Å². The van der Waals surface area contributed by atoms with Crippen molar-refractivity contribution in [3.63, 3.8) is 0 Å². The molecule has 0 spiro atoms. The van der Waals surface area contributed by atoms with Crippen molar-refractivity contribution in [2.45, 2.75) is 25.4 Å². The highest BCUT2D eigenvalue weighted by atomic mass is 19.4. The summed E-state index contributed by atoms with van der Waals surface area (Å²) in [5, 5.41) is 6.44. The number of likely N-dealkylation sites (tertiary alicyclic amines) is 1. The third kappa shape index (κ3) is 9.25. The Hall–Kier alpha value is -2.16. The molecule has 6 nitrogen and oxygen atoms in total. The van der Waals surface area contributed by atoms with Crippen molar-refractivity contribution in [2.75, 3.05) is 53.5 Å². The number of halogens is 3. The van der Waals surface area contributed by atoms with E-state index in [4.69, 9.17) is 9.47 Å². The highest BCUT2D eigenvalue weighted by Gasteiger charge is 2.32. The van der Waals surface area contributed by atoms with Gasteiger partial charge in [-0.15, -0.1) is 0 Å². The van der Waals surface area contributed by atoms with E-state index >= 15 is 0 Å². The highest BCUT2D eigenvalue weighted by Crippen LogP contribution is 2.24. The summed E-state index contributed by atoms with van der Waals surface area (Å²) in [5.41, 5.74) is 0. The fraction of sp³-hybridized carbons (Fsp3) is 0.650. The van der Waals surface area contributed by atoms with E-state index in [1.807, 2.05) is 24.3 Å². The minimum Gasteiger partial charge on any atom is -0.497 e. The van der Waals surface area contributed by atoms with Crippen molar-refractivity contribution < 1.29 is 22.6 Å². The SMILES string of the molecule is CN=C(NCCOc1ccc(OC)cc1)NCCC1CCN(CC(F)(F)F)CC1. The van der Waals surface area contributed by atoms with Crippen LogP contribution in [0.2, 0.25) is 0 Å². The van der Waals surface area contributed by atoms with Gasteiger partial charge >= 0.3 is 6.18 Å². The topological polar surface area (TPSA) is 58.1 Å². The first kappa shape index (κ1) is 23.1. The number of benzene rings is 1. The Bertz CT molecular complexity index is 615. The number of nitrogens with zero attached hydrogens (tertiary/aromatic N) is 2. The number of hydrogen-bond acceptors (Lipinski definition) is 4. The van der Waals surface area contributed by atoms with E-state index in [-0.39, 0.29) is 0 Å². The van der Waals surface area contributed by atoms with Crippen LogP contribution in [-0.4, -0.2) is 70.5 Å². The Balaban J connectivity index is 1.56. The summed E-state index contributed by atoms with van der Waals surface area (Å²) in [7, 11) is 3.32. The molecule has 0 unspecified atom stereocenters. The van der Waals surface area contributed by atoms with Crippen molar-refractivity contribution >= 4 is 5.96 Å². The molecule has 164 valence electrons. The van der Waals surface area contributed by atoms with Gasteiger partial charge in [-0.05, 0) is 62.5 Å². The summed E-state index contributed by atoms with van der Waals surface area (Å²) in [6, 6.07) is 7.39. The van der Waals surface area contributed by atoms with Crippen LogP contribution in [0.15, 0.2) is 29.3 Å². The van der Waals surface area contributed by atoms with Crippen molar-refractivity contribution in [3.05, 3.63) is 24.3 Å². The normalized spacial score (nSPS) is 16.5. The molecule has 29 heavy (non-hydrogen) atoms. The average molecular weight is 416 g/mol. The second-order valence-electron chi connectivity index (χ2n) is 7.07. The van der Waals surface area contributed by atoms with Gasteiger partial charge in [0.2, 0.25) is 0 Å². The Morgan fingerprint density at radius 2 is 1.72 bits per heavy atom. The Morgan fingerprint density at radius 1 is 1.10 bits per heavy atom. The molecule has 0 radical (unpaired) electrons. The lowest BCUT2D eigenvalue weighted by molar-refractivity contribution is -0.148. The zero-order valence-corrected chi connectivity index (χ0v) is 17.1. The number of rotatable bonds is 9. The predicted octanol–water partition coefficient (Wildman–Crippen LogP) is 2.90. The standard InChI is InChI=1S/C20H31F3N4O2/c1-24-19(26-11-14-29-18-5-3-17(28-2)4-6-18)25-10-7-16-8-12-27(13-9-16)15-20(21,22)23/h3-6,16H,7-15H2,1-2H3,(H2,24,25,26). The maximum Gasteiger partial charge on any atom is 0.401 e. The minimum absolute atomic E-state index is 0.448. The van der Waals surface area contributed by atoms with E-state index in [0.717, 1.165) is 37.3 Å². The molecule has 2 rings (SSSR count). The molecule has 1 aromatic carbocycles. The van der Waals surface area contributed by atoms with Crippen LogP contribution in [0.3, 0.4) is 0 Å². The zero-order chi connectivity index (χ0) is 21.1. The zero-order valence-electron chi connectivity index (χ0n) is 17.1. The number of nitrogens with one attached hydrogen (secondary N) is 2. The summed E-state index contributed by atoms with van der Waals surface area (Å²) in [6.07, 6.45) is -1.58. The number of hydrogen-bond donors (Lipinski definition) is 2. The first-order valence-electron chi connectivity index (χ1n) is 9.90. The molecular weight excluding hydrogens is 385 g/mol. The van der Waals surface area contributed by atoms with Gasteiger partial charge in [-0.3, -0.25) is 9.89 Å². The molecule has 1 heterocycles. The second kappa shape index (κ2) is 11.7. The largest absolute Gasteiger partial charge is 0.497 e. The monoisotopic (exact) mass is 416 g/mol. The highest BCUT2D eigenvalue weighted by molar-refractivity contribution is 5.79. The molecule has 1 aromatic rings. The van der Waals surface area contributed by atoms with Crippen LogP contribution in [0.1, 0.15) is 19.3 Å². The van der Waals surface area contributed by atoms with Gasteiger partial charge in [0.25, 0.3) is 0 Å². The van der Waals surface area contributed by atoms with Crippen LogP contribution < -0.4 is 20.1 Å². The summed E-state index contributed by atoms with van der Waals surface area (Å²) in [4.78, 5) is 5.67. The van der Waals surface area contributed by atoms with E-state index in [1.54, 1.807) is 14.2 Å². The molecular formula is C20H31F3N4O2. The van der Waals surface area contributed by atoms with Crippen molar-refractivity contribution in [3.8, 4) is 11.5 Å².